The van der Waals surface area contributed by atoms with Gasteiger partial charge in [-0.15, -0.1) is 0 Å². The van der Waals surface area contributed by atoms with E-state index >= 15 is 0 Å². The average molecular weight is 337 g/mol. The Balaban J connectivity index is 1.92. The molecule has 0 heterocycles. The van der Waals surface area contributed by atoms with Crippen molar-refractivity contribution in [2.45, 2.75) is 32.0 Å². The summed E-state index contributed by atoms with van der Waals surface area (Å²) >= 11 is 0. The zero-order chi connectivity index (χ0) is 17.8. The molecule has 24 heavy (non-hydrogen) atoms. The van der Waals surface area contributed by atoms with E-state index in [1.165, 1.54) is 17.7 Å². The summed E-state index contributed by atoms with van der Waals surface area (Å²) in [5.41, 5.74) is 1.28. The number of alkyl halides is 3. The second kappa shape index (κ2) is 7.26. The quantitative estimate of drug-likeness (QED) is 0.819. The summed E-state index contributed by atoms with van der Waals surface area (Å²) in [6, 6.07) is 13.2. The third kappa shape index (κ3) is 4.74. The lowest BCUT2D eigenvalue weighted by Gasteiger charge is -2.26. The minimum absolute atomic E-state index is 0.0990. The normalized spacial score (nSPS) is 12.2. The molecule has 5 heteroatoms. The first kappa shape index (κ1) is 18.3. The summed E-state index contributed by atoms with van der Waals surface area (Å²) in [4.78, 5) is 0. The second-order valence-electron chi connectivity index (χ2n) is 6.41. The molecule has 0 aliphatic carbocycles. The molecule has 0 saturated carbocycles. The van der Waals surface area contributed by atoms with Crippen molar-refractivity contribution in [3.05, 3.63) is 65.2 Å². The summed E-state index contributed by atoms with van der Waals surface area (Å²) in [5.74, 6) is 0.812. The molecule has 0 atom stereocenters. The van der Waals surface area contributed by atoms with Crippen LogP contribution in [0.15, 0.2) is 48.5 Å². The molecule has 0 fully saturated rings. The Hall–Kier alpha value is -2.01. The third-order valence-corrected chi connectivity index (χ3v) is 4.05. The molecular weight excluding hydrogens is 315 g/mol. The SMILES string of the molecule is COc1ccc(C(C)(C)CNCc2ccc(C(F)(F)F)cc2)cc1. The van der Waals surface area contributed by atoms with Gasteiger partial charge in [-0.25, -0.2) is 0 Å². The molecule has 0 bridgehead atoms. The monoisotopic (exact) mass is 337 g/mol. The number of halogens is 3. The van der Waals surface area contributed by atoms with Crippen molar-refractivity contribution in [2.75, 3.05) is 13.7 Å². The van der Waals surface area contributed by atoms with Crippen LogP contribution in [-0.2, 0) is 18.1 Å². The second-order valence-corrected chi connectivity index (χ2v) is 6.41. The van der Waals surface area contributed by atoms with E-state index in [9.17, 15) is 13.2 Å². The molecule has 0 aromatic heterocycles. The smallest absolute Gasteiger partial charge is 0.416 e. The van der Waals surface area contributed by atoms with Crippen LogP contribution < -0.4 is 10.1 Å². The lowest BCUT2D eigenvalue weighted by atomic mass is 9.84. The molecule has 130 valence electrons. The Kier molecular flexibility index (Phi) is 5.54. The van der Waals surface area contributed by atoms with E-state index in [1.54, 1.807) is 7.11 Å². The average Bonchev–Trinajstić information content (AvgIpc) is 2.54. The van der Waals surface area contributed by atoms with Crippen LogP contribution in [0.4, 0.5) is 13.2 Å². The molecule has 2 rings (SSSR count). The minimum atomic E-state index is -4.29. The largest absolute Gasteiger partial charge is 0.497 e. The molecule has 0 unspecified atom stereocenters. The summed E-state index contributed by atoms with van der Waals surface area (Å²) in [6.45, 7) is 5.47. The van der Waals surface area contributed by atoms with Crippen LogP contribution in [0.1, 0.15) is 30.5 Å². The van der Waals surface area contributed by atoms with Gasteiger partial charge in [-0.2, -0.15) is 13.2 Å². The highest BCUT2D eigenvalue weighted by atomic mass is 19.4. The predicted octanol–water partition coefficient (Wildman–Crippen LogP) is 4.78. The number of benzene rings is 2. The van der Waals surface area contributed by atoms with Gasteiger partial charge in [-0.05, 0) is 35.4 Å². The van der Waals surface area contributed by atoms with E-state index in [4.69, 9.17) is 4.74 Å². The maximum absolute atomic E-state index is 12.5. The fourth-order valence-electron chi connectivity index (χ4n) is 2.48. The molecule has 1 N–H and O–H groups in total. The van der Waals surface area contributed by atoms with Crippen molar-refractivity contribution < 1.29 is 17.9 Å². The van der Waals surface area contributed by atoms with Gasteiger partial charge in [0.15, 0.2) is 0 Å². The molecule has 0 aliphatic rings. The molecule has 2 aromatic carbocycles. The molecular formula is C19H22F3NO. The summed E-state index contributed by atoms with van der Waals surface area (Å²) in [7, 11) is 1.63. The highest BCUT2D eigenvalue weighted by Gasteiger charge is 2.29. The third-order valence-electron chi connectivity index (χ3n) is 4.05. The van der Waals surface area contributed by atoms with Crippen molar-refractivity contribution in [1.29, 1.82) is 0 Å². The number of hydrogen-bond acceptors (Lipinski definition) is 2. The highest BCUT2D eigenvalue weighted by Crippen LogP contribution is 2.29. The van der Waals surface area contributed by atoms with Gasteiger partial charge >= 0.3 is 6.18 Å². The summed E-state index contributed by atoms with van der Waals surface area (Å²) < 4.78 is 42.8. The lowest BCUT2D eigenvalue weighted by Crippen LogP contribution is -2.32. The van der Waals surface area contributed by atoms with Gasteiger partial charge in [0.05, 0.1) is 12.7 Å². The van der Waals surface area contributed by atoms with Crippen molar-refractivity contribution in [3.8, 4) is 5.75 Å². The maximum atomic E-state index is 12.5. The van der Waals surface area contributed by atoms with Crippen LogP contribution in [0.3, 0.4) is 0 Å². The van der Waals surface area contributed by atoms with Gasteiger partial charge in [-0.1, -0.05) is 38.1 Å². The van der Waals surface area contributed by atoms with Crippen LogP contribution in [0.2, 0.25) is 0 Å². The van der Waals surface area contributed by atoms with E-state index in [-0.39, 0.29) is 5.41 Å². The molecule has 2 nitrogen and oxygen atoms in total. The number of hydrogen-bond donors (Lipinski definition) is 1. The van der Waals surface area contributed by atoms with E-state index in [0.717, 1.165) is 23.4 Å². The Labute approximate surface area is 140 Å². The van der Waals surface area contributed by atoms with E-state index in [0.29, 0.717) is 13.1 Å². The number of nitrogens with one attached hydrogen (secondary N) is 1. The van der Waals surface area contributed by atoms with Crippen LogP contribution in [-0.4, -0.2) is 13.7 Å². The summed E-state index contributed by atoms with van der Waals surface area (Å²) in [6.07, 6.45) is -4.29. The topological polar surface area (TPSA) is 21.3 Å². The zero-order valence-corrected chi connectivity index (χ0v) is 14.1. The van der Waals surface area contributed by atoms with Gasteiger partial charge < -0.3 is 10.1 Å². The van der Waals surface area contributed by atoms with Crippen LogP contribution in [0.5, 0.6) is 5.75 Å². The Morgan fingerprint density at radius 2 is 1.42 bits per heavy atom. The van der Waals surface area contributed by atoms with Crippen molar-refractivity contribution >= 4 is 0 Å². The molecule has 0 radical (unpaired) electrons. The number of ether oxygens (including phenoxy) is 1. The fraction of sp³-hybridized carbons (Fsp3) is 0.368. The first-order chi connectivity index (χ1) is 11.2. The van der Waals surface area contributed by atoms with Crippen molar-refractivity contribution in [1.82, 2.24) is 5.32 Å². The Morgan fingerprint density at radius 1 is 0.875 bits per heavy atom. The molecule has 0 aliphatic heterocycles. The first-order valence-electron chi connectivity index (χ1n) is 7.74. The fourth-order valence-corrected chi connectivity index (χ4v) is 2.48. The zero-order valence-electron chi connectivity index (χ0n) is 14.1. The van der Waals surface area contributed by atoms with Crippen molar-refractivity contribution in [3.63, 3.8) is 0 Å². The lowest BCUT2D eigenvalue weighted by molar-refractivity contribution is -0.137. The van der Waals surface area contributed by atoms with Crippen molar-refractivity contribution in [2.24, 2.45) is 0 Å². The number of methoxy groups -OCH3 is 1. The summed E-state index contributed by atoms with van der Waals surface area (Å²) in [5, 5.41) is 3.31. The van der Waals surface area contributed by atoms with Gasteiger partial charge in [0.25, 0.3) is 0 Å². The van der Waals surface area contributed by atoms with Crippen LogP contribution in [0.25, 0.3) is 0 Å². The van der Waals surface area contributed by atoms with Gasteiger partial charge in [0.2, 0.25) is 0 Å². The maximum Gasteiger partial charge on any atom is 0.416 e. The standard InChI is InChI=1S/C19H22F3NO/c1-18(2,15-8-10-17(24-3)11-9-15)13-23-12-14-4-6-16(7-5-14)19(20,21)22/h4-11,23H,12-13H2,1-3H3. The van der Waals surface area contributed by atoms with Crippen LogP contribution in [0, 0.1) is 0 Å². The molecule has 0 amide bonds. The minimum Gasteiger partial charge on any atom is -0.497 e. The molecule has 0 spiro atoms. The number of rotatable bonds is 6. The van der Waals surface area contributed by atoms with Gasteiger partial charge in [-0.3, -0.25) is 0 Å². The van der Waals surface area contributed by atoms with Gasteiger partial charge in [0, 0.05) is 18.5 Å². The highest BCUT2D eigenvalue weighted by molar-refractivity contribution is 5.32. The van der Waals surface area contributed by atoms with E-state index in [1.807, 2.05) is 24.3 Å². The first-order valence-corrected chi connectivity index (χ1v) is 7.74. The van der Waals surface area contributed by atoms with Gasteiger partial charge in [0.1, 0.15) is 5.75 Å². The molecule has 0 saturated heterocycles. The molecule has 2 aromatic rings. The van der Waals surface area contributed by atoms with E-state index in [2.05, 4.69) is 19.2 Å². The Morgan fingerprint density at radius 3 is 1.92 bits per heavy atom. The van der Waals surface area contributed by atoms with Crippen LogP contribution >= 0.6 is 0 Å². The predicted molar refractivity (Wildman–Crippen MR) is 89.2 cm³/mol. The Bertz CT molecular complexity index is 646. The van der Waals surface area contributed by atoms with E-state index < -0.39 is 11.7 Å².